The second kappa shape index (κ2) is 9.22. The predicted octanol–water partition coefficient (Wildman–Crippen LogP) is 3.37. The first-order valence-electron chi connectivity index (χ1n) is 11.9. The Labute approximate surface area is 197 Å². The van der Waals surface area contributed by atoms with Gasteiger partial charge in [-0.05, 0) is 62.1 Å². The average Bonchev–Trinajstić information content (AvgIpc) is 2.72. The molecule has 7 nitrogen and oxygen atoms in total. The van der Waals surface area contributed by atoms with Gasteiger partial charge in [0, 0.05) is 36.5 Å². The summed E-state index contributed by atoms with van der Waals surface area (Å²) in [6.45, 7) is 7.95. The Bertz CT molecular complexity index is 1130. The number of benzene rings is 1. The van der Waals surface area contributed by atoms with E-state index in [1.165, 1.54) is 11.8 Å². The maximum absolute atomic E-state index is 13.3. The van der Waals surface area contributed by atoms with Gasteiger partial charge in [0.2, 0.25) is 15.9 Å². The van der Waals surface area contributed by atoms with Gasteiger partial charge in [-0.2, -0.15) is 0 Å². The van der Waals surface area contributed by atoms with Crippen molar-refractivity contribution in [2.45, 2.75) is 65.0 Å². The van der Waals surface area contributed by atoms with Gasteiger partial charge in [-0.3, -0.25) is 4.79 Å². The molecule has 2 fully saturated rings. The highest BCUT2D eigenvalue weighted by Gasteiger charge is 2.41. The van der Waals surface area contributed by atoms with Crippen LogP contribution in [0.25, 0.3) is 10.9 Å². The SMILES string of the molecule is Cc1cccc2ccc(N3CC[C@H](C(=O)N[C@@H]4CCC[C@@H](NS(C)(=O)=O)C4)C(C)(C)C3)nc12. The Morgan fingerprint density at radius 3 is 2.61 bits per heavy atom. The van der Waals surface area contributed by atoms with Crippen molar-refractivity contribution in [1.82, 2.24) is 15.0 Å². The summed E-state index contributed by atoms with van der Waals surface area (Å²) >= 11 is 0. The van der Waals surface area contributed by atoms with Gasteiger partial charge >= 0.3 is 0 Å². The summed E-state index contributed by atoms with van der Waals surface area (Å²) in [7, 11) is -3.24. The predicted molar refractivity (Wildman–Crippen MR) is 133 cm³/mol. The second-order valence-electron chi connectivity index (χ2n) is 10.5. The summed E-state index contributed by atoms with van der Waals surface area (Å²) < 4.78 is 25.9. The van der Waals surface area contributed by atoms with Gasteiger partial charge in [-0.25, -0.2) is 18.1 Å². The minimum atomic E-state index is -3.24. The first-order chi connectivity index (χ1) is 15.5. The van der Waals surface area contributed by atoms with Gasteiger partial charge in [0.1, 0.15) is 5.82 Å². The molecular formula is C25H36N4O3S. The molecule has 1 aliphatic heterocycles. The summed E-state index contributed by atoms with van der Waals surface area (Å²) in [5, 5.41) is 4.38. The van der Waals surface area contributed by atoms with E-state index < -0.39 is 10.0 Å². The van der Waals surface area contributed by atoms with Crippen LogP contribution in [0.1, 0.15) is 51.5 Å². The van der Waals surface area contributed by atoms with E-state index in [1.807, 2.05) is 0 Å². The number of sulfonamides is 1. The van der Waals surface area contributed by atoms with Crippen LogP contribution in [0.2, 0.25) is 0 Å². The molecule has 2 heterocycles. The fraction of sp³-hybridized carbons (Fsp3) is 0.600. The lowest BCUT2D eigenvalue weighted by Crippen LogP contribution is -2.54. The van der Waals surface area contributed by atoms with Crippen LogP contribution in [0.5, 0.6) is 0 Å². The number of fused-ring (bicyclic) bond motifs is 1. The van der Waals surface area contributed by atoms with E-state index in [4.69, 9.17) is 4.98 Å². The molecule has 1 amide bonds. The number of hydrogen-bond acceptors (Lipinski definition) is 5. The number of rotatable bonds is 5. The van der Waals surface area contributed by atoms with Gasteiger partial charge in [0.25, 0.3) is 0 Å². The smallest absolute Gasteiger partial charge is 0.224 e. The molecule has 1 aromatic heterocycles. The number of nitrogens with zero attached hydrogens (tertiary/aromatic N) is 2. The topological polar surface area (TPSA) is 91.4 Å². The number of pyridine rings is 1. The fourth-order valence-corrected chi connectivity index (χ4v) is 6.35. The van der Waals surface area contributed by atoms with Crippen LogP contribution in [0, 0.1) is 18.3 Å². The summed E-state index contributed by atoms with van der Waals surface area (Å²) in [6.07, 6.45) is 5.24. The van der Waals surface area contributed by atoms with Crippen molar-refractivity contribution in [1.29, 1.82) is 0 Å². The number of carbonyl (C=O) groups is 1. The molecule has 4 rings (SSSR count). The van der Waals surface area contributed by atoms with Crippen LogP contribution in [-0.4, -0.2) is 50.7 Å². The van der Waals surface area contributed by atoms with E-state index in [1.54, 1.807) is 0 Å². The highest BCUT2D eigenvalue weighted by Crippen LogP contribution is 2.37. The maximum Gasteiger partial charge on any atom is 0.224 e. The number of amides is 1. The van der Waals surface area contributed by atoms with Crippen molar-refractivity contribution in [3.05, 3.63) is 35.9 Å². The molecule has 3 atom stereocenters. The zero-order chi connectivity index (χ0) is 23.8. The van der Waals surface area contributed by atoms with Crippen molar-refractivity contribution in [2.75, 3.05) is 24.2 Å². The quantitative estimate of drug-likeness (QED) is 0.696. The summed E-state index contributed by atoms with van der Waals surface area (Å²) in [5.41, 5.74) is 1.99. The molecule has 180 valence electrons. The normalized spacial score (nSPS) is 25.7. The molecule has 0 spiro atoms. The molecule has 33 heavy (non-hydrogen) atoms. The minimum absolute atomic E-state index is 0.0180. The standard InChI is InChI=1S/C25H36N4O3S/c1-17-7-5-8-18-11-12-22(27-23(17)18)29-14-13-21(25(2,3)16-29)24(30)26-19-9-6-10-20(15-19)28-33(4,31)32/h5,7-8,11-12,19-21,28H,6,9-10,13-16H2,1-4H3,(H,26,30)/t19-,20-,21-/m1/s1. The fourth-order valence-electron chi connectivity index (χ4n) is 5.53. The van der Waals surface area contributed by atoms with Crippen molar-refractivity contribution in [3.63, 3.8) is 0 Å². The van der Waals surface area contributed by atoms with Crippen molar-refractivity contribution >= 4 is 32.7 Å². The third kappa shape index (κ3) is 5.66. The third-order valence-corrected chi connectivity index (χ3v) is 7.94. The van der Waals surface area contributed by atoms with E-state index in [0.29, 0.717) is 6.42 Å². The van der Waals surface area contributed by atoms with Crippen molar-refractivity contribution in [2.24, 2.45) is 11.3 Å². The zero-order valence-electron chi connectivity index (χ0n) is 20.1. The van der Waals surface area contributed by atoms with Crippen LogP contribution in [-0.2, 0) is 14.8 Å². The molecule has 8 heteroatoms. The Kier molecular flexibility index (Phi) is 6.69. The number of hydrogen-bond donors (Lipinski definition) is 2. The van der Waals surface area contributed by atoms with E-state index in [-0.39, 0.29) is 29.3 Å². The minimum Gasteiger partial charge on any atom is -0.356 e. The van der Waals surface area contributed by atoms with Crippen molar-refractivity contribution in [3.8, 4) is 0 Å². The number of piperidine rings is 1. The summed E-state index contributed by atoms with van der Waals surface area (Å²) in [6, 6.07) is 10.3. The number of carbonyl (C=O) groups excluding carboxylic acids is 1. The first kappa shape index (κ1) is 24.0. The molecule has 0 bridgehead atoms. The molecule has 1 saturated heterocycles. The van der Waals surface area contributed by atoms with Gasteiger partial charge in [0.15, 0.2) is 0 Å². The molecule has 2 aromatic rings. The largest absolute Gasteiger partial charge is 0.356 e. The van der Waals surface area contributed by atoms with Gasteiger partial charge in [-0.1, -0.05) is 32.0 Å². The lowest BCUT2D eigenvalue weighted by Gasteiger charge is -2.44. The Hall–Kier alpha value is -2.19. The maximum atomic E-state index is 13.3. The Morgan fingerprint density at radius 1 is 1.12 bits per heavy atom. The van der Waals surface area contributed by atoms with Gasteiger partial charge < -0.3 is 10.2 Å². The van der Waals surface area contributed by atoms with Crippen LogP contribution in [0.15, 0.2) is 30.3 Å². The summed E-state index contributed by atoms with van der Waals surface area (Å²) in [5.74, 6) is 0.969. The summed E-state index contributed by atoms with van der Waals surface area (Å²) in [4.78, 5) is 20.5. The van der Waals surface area contributed by atoms with E-state index in [2.05, 4.69) is 66.0 Å². The third-order valence-electron chi connectivity index (χ3n) is 7.18. The monoisotopic (exact) mass is 472 g/mol. The second-order valence-corrected chi connectivity index (χ2v) is 12.3. The molecule has 1 saturated carbocycles. The van der Waals surface area contributed by atoms with E-state index >= 15 is 0 Å². The number of nitrogens with one attached hydrogen (secondary N) is 2. The molecule has 1 aliphatic carbocycles. The number of anilines is 1. The van der Waals surface area contributed by atoms with Crippen LogP contribution in [0.3, 0.4) is 0 Å². The molecule has 1 aromatic carbocycles. The lowest BCUT2D eigenvalue weighted by molar-refractivity contribution is -0.130. The average molecular weight is 473 g/mol. The van der Waals surface area contributed by atoms with E-state index in [9.17, 15) is 13.2 Å². The van der Waals surface area contributed by atoms with Crippen molar-refractivity contribution < 1.29 is 13.2 Å². The Balaban J connectivity index is 1.41. The van der Waals surface area contributed by atoms with Gasteiger partial charge in [0.05, 0.1) is 11.8 Å². The lowest BCUT2D eigenvalue weighted by atomic mass is 9.73. The number of para-hydroxylation sites is 1. The highest BCUT2D eigenvalue weighted by atomic mass is 32.2. The van der Waals surface area contributed by atoms with Gasteiger partial charge in [-0.15, -0.1) is 0 Å². The van der Waals surface area contributed by atoms with Crippen LogP contribution < -0.4 is 14.9 Å². The molecule has 0 unspecified atom stereocenters. The number of aryl methyl sites for hydroxylation is 1. The molecule has 2 aliphatic rings. The molecule has 0 radical (unpaired) electrons. The Morgan fingerprint density at radius 2 is 1.88 bits per heavy atom. The zero-order valence-corrected chi connectivity index (χ0v) is 20.9. The number of aromatic nitrogens is 1. The molecule has 2 N–H and O–H groups in total. The highest BCUT2D eigenvalue weighted by molar-refractivity contribution is 7.88. The van der Waals surface area contributed by atoms with Crippen LogP contribution >= 0.6 is 0 Å². The molecular weight excluding hydrogens is 436 g/mol. The first-order valence-corrected chi connectivity index (χ1v) is 13.8. The van der Waals surface area contributed by atoms with Crippen LogP contribution in [0.4, 0.5) is 5.82 Å². The van der Waals surface area contributed by atoms with E-state index in [0.717, 1.165) is 55.5 Å².